The fourth-order valence-electron chi connectivity index (χ4n) is 6.64. The van der Waals surface area contributed by atoms with E-state index >= 15 is 0 Å². The Kier molecular flexibility index (Phi) is 3.01. The van der Waals surface area contributed by atoms with Crippen LogP contribution >= 0.6 is 0 Å². The summed E-state index contributed by atoms with van der Waals surface area (Å²) in [6.45, 7) is 5.85. The molecule has 3 unspecified atom stereocenters. The number of aromatic nitrogens is 2. The van der Waals surface area contributed by atoms with Gasteiger partial charge in [-0.2, -0.15) is 5.10 Å². The van der Waals surface area contributed by atoms with Gasteiger partial charge in [0.1, 0.15) is 0 Å². The van der Waals surface area contributed by atoms with Crippen LogP contribution in [-0.2, 0) is 7.05 Å². The molecule has 4 bridgehead atoms. The minimum Gasteiger partial charge on any atom is -0.308 e. The molecule has 4 aliphatic rings. The molecule has 0 aliphatic heterocycles. The Labute approximate surface area is 128 Å². The van der Waals surface area contributed by atoms with E-state index in [1.807, 2.05) is 6.20 Å². The summed E-state index contributed by atoms with van der Waals surface area (Å²) >= 11 is 0. The van der Waals surface area contributed by atoms with Crippen molar-refractivity contribution in [2.45, 2.75) is 58.4 Å². The summed E-state index contributed by atoms with van der Waals surface area (Å²) in [5, 5.41) is 8.28. The molecule has 1 heterocycles. The molecule has 4 aliphatic carbocycles. The van der Waals surface area contributed by atoms with E-state index in [0.717, 1.165) is 18.4 Å². The van der Waals surface area contributed by atoms with Gasteiger partial charge in [0.25, 0.3) is 0 Å². The second kappa shape index (κ2) is 4.58. The van der Waals surface area contributed by atoms with Gasteiger partial charge in [0.15, 0.2) is 0 Å². The molecule has 3 heteroatoms. The fourth-order valence-corrected chi connectivity index (χ4v) is 6.64. The number of hydrogen-bond donors (Lipinski definition) is 1. The number of nitrogens with one attached hydrogen (secondary N) is 1. The van der Waals surface area contributed by atoms with Crippen molar-refractivity contribution in [3.05, 3.63) is 18.0 Å². The highest BCUT2D eigenvalue weighted by Gasteiger charge is 2.58. The molecule has 1 aromatic heterocycles. The predicted octanol–water partition coefficient (Wildman–Crippen LogP) is 3.68. The molecule has 0 spiro atoms. The van der Waals surface area contributed by atoms with Gasteiger partial charge in [0.2, 0.25) is 0 Å². The Morgan fingerprint density at radius 3 is 2.57 bits per heavy atom. The molecule has 3 atom stereocenters. The van der Waals surface area contributed by atoms with Gasteiger partial charge in [-0.3, -0.25) is 4.68 Å². The monoisotopic (exact) mass is 287 g/mol. The first-order chi connectivity index (χ1) is 10.0. The average molecular weight is 287 g/mol. The van der Waals surface area contributed by atoms with E-state index in [2.05, 4.69) is 42.1 Å². The quantitative estimate of drug-likeness (QED) is 0.915. The number of aryl methyl sites for hydroxylation is 1. The Balaban J connectivity index is 1.74. The van der Waals surface area contributed by atoms with E-state index in [-0.39, 0.29) is 0 Å². The van der Waals surface area contributed by atoms with Crippen molar-refractivity contribution in [1.82, 2.24) is 15.1 Å². The normalized spacial score (nSPS) is 42.4. The molecule has 4 fully saturated rings. The smallest absolute Gasteiger partial charge is 0.0555 e. The Hall–Kier alpha value is -0.830. The third kappa shape index (κ3) is 2.08. The lowest BCUT2D eigenvalue weighted by Crippen LogP contribution is -2.55. The molecule has 0 saturated heterocycles. The topological polar surface area (TPSA) is 29.9 Å². The Morgan fingerprint density at radius 1 is 1.33 bits per heavy atom. The lowest BCUT2D eigenvalue weighted by molar-refractivity contribution is -0.120. The Bertz CT molecular complexity index is 518. The van der Waals surface area contributed by atoms with Crippen LogP contribution in [0.2, 0.25) is 0 Å². The zero-order valence-corrected chi connectivity index (χ0v) is 13.7. The van der Waals surface area contributed by atoms with E-state index in [1.54, 1.807) is 0 Å². The maximum absolute atomic E-state index is 4.44. The molecule has 1 aromatic rings. The van der Waals surface area contributed by atoms with Crippen LogP contribution in [0.25, 0.3) is 0 Å². The largest absolute Gasteiger partial charge is 0.308 e. The summed E-state index contributed by atoms with van der Waals surface area (Å²) < 4.78 is 2.09. The number of hydrogen-bond acceptors (Lipinski definition) is 2. The van der Waals surface area contributed by atoms with Crippen LogP contribution in [0.1, 0.15) is 64.1 Å². The van der Waals surface area contributed by atoms with Crippen molar-refractivity contribution >= 4 is 0 Å². The van der Waals surface area contributed by atoms with Gasteiger partial charge in [-0.05, 0) is 73.8 Å². The first-order valence-electron chi connectivity index (χ1n) is 8.75. The minimum atomic E-state index is 0.475. The summed E-state index contributed by atoms with van der Waals surface area (Å²) in [6, 6.07) is 2.72. The molecule has 1 N–H and O–H groups in total. The first kappa shape index (κ1) is 13.8. The maximum atomic E-state index is 4.44. The zero-order valence-electron chi connectivity index (χ0n) is 13.7. The number of nitrogens with zero attached hydrogens (tertiary/aromatic N) is 2. The van der Waals surface area contributed by atoms with E-state index in [0.29, 0.717) is 16.9 Å². The van der Waals surface area contributed by atoms with Gasteiger partial charge in [0.05, 0.1) is 11.7 Å². The molecular formula is C18H29N3. The van der Waals surface area contributed by atoms with Crippen LogP contribution in [-0.4, -0.2) is 16.3 Å². The van der Waals surface area contributed by atoms with Gasteiger partial charge in [-0.1, -0.05) is 13.8 Å². The van der Waals surface area contributed by atoms with Gasteiger partial charge in [-0.15, -0.1) is 0 Å². The van der Waals surface area contributed by atoms with Gasteiger partial charge in [-0.25, -0.2) is 0 Å². The molecule has 3 nitrogen and oxygen atoms in total. The first-order valence-corrected chi connectivity index (χ1v) is 8.75. The Morgan fingerprint density at radius 2 is 2.05 bits per heavy atom. The summed E-state index contributed by atoms with van der Waals surface area (Å²) in [7, 11) is 2.10. The van der Waals surface area contributed by atoms with Crippen molar-refractivity contribution in [2.24, 2.45) is 29.7 Å². The third-order valence-electron chi connectivity index (χ3n) is 6.57. The molecule has 5 rings (SSSR count). The van der Waals surface area contributed by atoms with Crippen molar-refractivity contribution in [2.75, 3.05) is 6.54 Å². The molecule has 0 radical (unpaired) electrons. The second-order valence-electron chi connectivity index (χ2n) is 8.50. The van der Waals surface area contributed by atoms with E-state index < -0.39 is 0 Å². The van der Waals surface area contributed by atoms with Crippen molar-refractivity contribution in [3.63, 3.8) is 0 Å². The van der Waals surface area contributed by atoms with Gasteiger partial charge >= 0.3 is 0 Å². The fraction of sp³-hybridized carbons (Fsp3) is 0.833. The molecule has 116 valence electrons. The van der Waals surface area contributed by atoms with Crippen molar-refractivity contribution in [3.8, 4) is 0 Å². The SMILES string of the molecule is CCNC(c1ccnn1C)C12CC3CC(CC(C)(C3)C1)C2. The van der Waals surface area contributed by atoms with Crippen LogP contribution < -0.4 is 5.32 Å². The molecule has 0 aromatic carbocycles. The van der Waals surface area contributed by atoms with Gasteiger partial charge < -0.3 is 5.32 Å². The van der Waals surface area contributed by atoms with Crippen LogP contribution in [0, 0.1) is 22.7 Å². The molecule has 21 heavy (non-hydrogen) atoms. The third-order valence-corrected chi connectivity index (χ3v) is 6.57. The highest BCUT2D eigenvalue weighted by molar-refractivity contribution is 5.18. The highest BCUT2D eigenvalue weighted by Crippen LogP contribution is 2.68. The molecular weight excluding hydrogens is 258 g/mol. The van der Waals surface area contributed by atoms with Gasteiger partial charge in [0, 0.05) is 13.2 Å². The predicted molar refractivity (Wildman–Crippen MR) is 84.8 cm³/mol. The van der Waals surface area contributed by atoms with Crippen LogP contribution in [0.15, 0.2) is 12.3 Å². The zero-order chi connectivity index (χ0) is 14.7. The van der Waals surface area contributed by atoms with Crippen LogP contribution in [0.4, 0.5) is 0 Å². The van der Waals surface area contributed by atoms with Crippen molar-refractivity contribution in [1.29, 1.82) is 0 Å². The minimum absolute atomic E-state index is 0.475. The second-order valence-corrected chi connectivity index (χ2v) is 8.50. The summed E-state index contributed by atoms with van der Waals surface area (Å²) in [4.78, 5) is 0. The van der Waals surface area contributed by atoms with Crippen LogP contribution in [0.5, 0.6) is 0 Å². The lowest BCUT2D eigenvalue weighted by Gasteiger charge is -2.63. The van der Waals surface area contributed by atoms with Crippen molar-refractivity contribution < 1.29 is 0 Å². The van der Waals surface area contributed by atoms with Crippen LogP contribution in [0.3, 0.4) is 0 Å². The number of rotatable bonds is 4. The standard InChI is InChI=1S/C18H29N3/c1-4-19-16(15-5-6-20-21(15)3)18-10-13-7-14(11-18)9-17(2,8-13)12-18/h5-6,13-14,16,19H,4,7-12H2,1-3H3. The van der Waals surface area contributed by atoms with E-state index in [4.69, 9.17) is 0 Å². The molecule has 0 amide bonds. The summed E-state index contributed by atoms with van der Waals surface area (Å²) in [6.07, 6.45) is 10.7. The molecule has 4 saturated carbocycles. The maximum Gasteiger partial charge on any atom is 0.0555 e. The highest BCUT2D eigenvalue weighted by atomic mass is 15.3. The van der Waals surface area contributed by atoms with E-state index in [1.165, 1.54) is 44.2 Å². The summed E-state index contributed by atoms with van der Waals surface area (Å²) in [5.74, 6) is 1.95. The van der Waals surface area contributed by atoms with E-state index in [9.17, 15) is 0 Å². The average Bonchev–Trinajstić information content (AvgIpc) is 2.78. The summed E-state index contributed by atoms with van der Waals surface area (Å²) in [5.41, 5.74) is 2.47. The lowest BCUT2D eigenvalue weighted by atomic mass is 9.43.